The summed E-state index contributed by atoms with van der Waals surface area (Å²) in [6.45, 7) is 4.65. The zero-order valence-electron chi connectivity index (χ0n) is 9.54. The highest BCUT2D eigenvalue weighted by Gasteiger charge is 2.04. The van der Waals surface area contributed by atoms with Crippen molar-refractivity contribution in [3.8, 4) is 5.69 Å². The Hall–Kier alpha value is -2.07. The number of hydrogen-bond acceptors (Lipinski definition) is 3. The van der Waals surface area contributed by atoms with Crippen LogP contribution in [0.1, 0.15) is 5.56 Å². The number of benzene rings is 1. The predicted molar refractivity (Wildman–Crippen MR) is 67.8 cm³/mol. The summed E-state index contributed by atoms with van der Waals surface area (Å²) in [5.74, 6) is 0. The Balaban J connectivity index is 2.28. The van der Waals surface area contributed by atoms with Crippen LogP contribution in [-0.4, -0.2) is 16.2 Å². The molecule has 0 amide bonds. The van der Waals surface area contributed by atoms with Crippen molar-refractivity contribution in [1.29, 1.82) is 0 Å². The average Bonchev–Trinajstić information content (AvgIpc) is 2.83. The Morgan fingerprint density at radius 3 is 3.06 bits per heavy atom. The molecule has 1 heterocycles. The van der Waals surface area contributed by atoms with Gasteiger partial charge in [0.15, 0.2) is 0 Å². The number of rotatable bonds is 5. The highest BCUT2D eigenvalue weighted by atomic mass is 16.5. The van der Waals surface area contributed by atoms with E-state index >= 15 is 0 Å². The van der Waals surface area contributed by atoms with Crippen molar-refractivity contribution >= 4 is 5.69 Å². The third-order valence-corrected chi connectivity index (χ3v) is 2.38. The van der Waals surface area contributed by atoms with Crippen LogP contribution in [0.15, 0.2) is 49.6 Å². The molecule has 88 valence electrons. The summed E-state index contributed by atoms with van der Waals surface area (Å²) in [5.41, 5.74) is 8.57. The number of hydrogen-bond donors (Lipinski definition) is 1. The van der Waals surface area contributed by atoms with E-state index in [1.54, 1.807) is 18.6 Å². The SMILES string of the molecule is C=CCOCc1cc(N)ccc1-n1ccnc1. The molecule has 0 atom stereocenters. The van der Waals surface area contributed by atoms with Crippen molar-refractivity contribution in [2.75, 3.05) is 12.3 Å². The molecule has 2 rings (SSSR count). The van der Waals surface area contributed by atoms with Crippen molar-refractivity contribution < 1.29 is 4.74 Å². The third kappa shape index (κ3) is 2.73. The van der Waals surface area contributed by atoms with Gasteiger partial charge >= 0.3 is 0 Å². The van der Waals surface area contributed by atoms with Crippen LogP contribution >= 0.6 is 0 Å². The maximum Gasteiger partial charge on any atom is 0.0991 e. The van der Waals surface area contributed by atoms with Gasteiger partial charge in [0.25, 0.3) is 0 Å². The molecule has 0 fully saturated rings. The first-order valence-electron chi connectivity index (χ1n) is 5.36. The molecule has 0 aliphatic heterocycles. The highest BCUT2D eigenvalue weighted by molar-refractivity contribution is 5.51. The second kappa shape index (κ2) is 5.32. The van der Waals surface area contributed by atoms with Gasteiger partial charge in [0, 0.05) is 23.6 Å². The van der Waals surface area contributed by atoms with Crippen LogP contribution in [0.4, 0.5) is 5.69 Å². The van der Waals surface area contributed by atoms with Gasteiger partial charge in [-0.1, -0.05) is 6.08 Å². The fourth-order valence-corrected chi connectivity index (χ4v) is 1.63. The third-order valence-electron chi connectivity index (χ3n) is 2.38. The van der Waals surface area contributed by atoms with E-state index in [9.17, 15) is 0 Å². The number of anilines is 1. The zero-order chi connectivity index (χ0) is 12.1. The van der Waals surface area contributed by atoms with Gasteiger partial charge in [0.05, 0.1) is 25.2 Å². The highest BCUT2D eigenvalue weighted by Crippen LogP contribution is 2.18. The molecule has 2 aromatic rings. The second-order valence-electron chi connectivity index (χ2n) is 3.66. The molecule has 0 aliphatic carbocycles. The van der Waals surface area contributed by atoms with Crippen molar-refractivity contribution in [2.45, 2.75) is 6.61 Å². The van der Waals surface area contributed by atoms with Gasteiger partial charge in [0.1, 0.15) is 0 Å². The minimum Gasteiger partial charge on any atom is -0.399 e. The van der Waals surface area contributed by atoms with Gasteiger partial charge in [-0.15, -0.1) is 6.58 Å². The standard InChI is InChI=1S/C13H15N3O/c1-2-7-17-9-11-8-12(14)3-4-13(11)16-6-5-15-10-16/h2-6,8,10H,1,7,9,14H2. The summed E-state index contributed by atoms with van der Waals surface area (Å²) in [6.07, 6.45) is 7.11. The number of ether oxygens (including phenoxy) is 1. The molecule has 0 aliphatic rings. The molecule has 1 aromatic heterocycles. The van der Waals surface area contributed by atoms with Gasteiger partial charge in [0.2, 0.25) is 0 Å². The first-order chi connectivity index (χ1) is 8.31. The molecule has 0 saturated carbocycles. The van der Waals surface area contributed by atoms with Crippen molar-refractivity contribution in [1.82, 2.24) is 9.55 Å². The molecular formula is C13H15N3O. The van der Waals surface area contributed by atoms with Gasteiger partial charge < -0.3 is 15.0 Å². The molecule has 4 nitrogen and oxygen atoms in total. The zero-order valence-corrected chi connectivity index (χ0v) is 9.54. The van der Waals surface area contributed by atoms with Crippen LogP contribution in [0.3, 0.4) is 0 Å². The maximum absolute atomic E-state index is 5.78. The summed E-state index contributed by atoms with van der Waals surface area (Å²) in [7, 11) is 0. The summed E-state index contributed by atoms with van der Waals surface area (Å²) in [4.78, 5) is 4.03. The topological polar surface area (TPSA) is 53.1 Å². The first kappa shape index (κ1) is 11.4. The minimum absolute atomic E-state index is 0.505. The van der Waals surface area contributed by atoms with Crippen LogP contribution in [0.25, 0.3) is 5.69 Å². The monoisotopic (exact) mass is 229 g/mol. The van der Waals surface area contributed by atoms with Crippen molar-refractivity contribution in [3.63, 3.8) is 0 Å². The number of imidazole rings is 1. The molecular weight excluding hydrogens is 214 g/mol. The lowest BCUT2D eigenvalue weighted by molar-refractivity contribution is 0.149. The van der Waals surface area contributed by atoms with Gasteiger partial charge in [-0.2, -0.15) is 0 Å². The normalized spacial score (nSPS) is 10.4. The number of aromatic nitrogens is 2. The van der Waals surface area contributed by atoms with Crippen LogP contribution in [0.5, 0.6) is 0 Å². The predicted octanol–water partition coefficient (Wildman–Crippen LogP) is 2.16. The Morgan fingerprint density at radius 1 is 1.47 bits per heavy atom. The lowest BCUT2D eigenvalue weighted by Gasteiger charge is -2.11. The van der Waals surface area contributed by atoms with Gasteiger partial charge in [-0.05, 0) is 18.2 Å². The summed E-state index contributed by atoms with van der Waals surface area (Å²) in [6, 6.07) is 5.74. The maximum atomic E-state index is 5.78. The Kier molecular flexibility index (Phi) is 3.57. The fraction of sp³-hybridized carbons (Fsp3) is 0.154. The van der Waals surface area contributed by atoms with E-state index in [-0.39, 0.29) is 0 Å². The van der Waals surface area contributed by atoms with Crippen molar-refractivity contribution in [3.05, 3.63) is 55.1 Å². The Labute approximate surface area is 100 Å². The number of nitrogens with two attached hydrogens (primary N) is 1. The summed E-state index contributed by atoms with van der Waals surface area (Å²) < 4.78 is 7.39. The van der Waals surface area contributed by atoms with E-state index < -0.39 is 0 Å². The molecule has 2 N–H and O–H groups in total. The average molecular weight is 229 g/mol. The summed E-state index contributed by atoms with van der Waals surface area (Å²) in [5, 5.41) is 0. The quantitative estimate of drug-likeness (QED) is 0.485. The van der Waals surface area contributed by atoms with E-state index in [0.29, 0.717) is 13.2 Å². The largest absolute Gasteiger partial charge is 0.399 e. The molecule has 0 unspecified atom stereocenters. The lowest BCUT2D eigenvalue weighted by atomic mass is 10.1. The van der Waals surface area contributed by atoms with Crippen LogP contribution in [0.2, 0.25) is 0 Å². The van der Waals surface area contributed by atoms with E-state index in [0.717, 1.165) is 16.9 Å². The fourth-order valence-electron chi connectivity index (χ4n) is 1.63. The van der Waals surface area contributed by atoms with Crippen LogP contribution in [-0.2, 0) is 11.3 Å². The molecule has 17 heavy (non-hydrogen) atoms. The molecule has 4 heteroatoms. The number of nitrogens with zero attached hydrogens (tertiary/aromatic N) is 2. The van der Waals surface area contributed by atoms with Crippen LogP contribution in [0, 0.1) is 0 Å². The van der Waals surface area contributed by atoms with E-state index in [2.05, 4.69) is 11.6 Å². The van der Waals surface area contributed by atoms with Crippen LogP contribution < -0.4 is 5.73 Å². The Morgan fingerprint density at radius 2 is 2.35 bits per heavy atom. The molecule has 0 radical (unpaired) electrons. The molecule has 0 bridgehead atoms. The number of nitrogen functional groups attached to an aromatic ring is 1. The van der Waals surface area contributed by atoms with Gasteiger partial charge in [-0.25, -0.2) is 4.98 Å². The van der Waals surface area contributed by atoms with Crippen molar-refractivity contribution in [2.24, 2.45) is 0 Å². The minimum atomic E-state index is 0.505. The van der Waals surface area contributed by atoms with E-state index in [1.165, 1.54) is 0 Å². The summed E-state index contributed by atoms with van der Waals surface area (Å²) >= 11 is 0. The lowest BCUT2D eigenvalue weighted by Crippen LogP contribution is -2.01. The molecule has 1 aromatic carbocycles. The van der Waals surface area contributed by atoms with Gasteiger partial charge in [-0.3, -0.25) is 0 Å². The Bertz CT molecular complexity index is 491. The molecule has 0 saturated heterocycles. The smallest absolute Gasteiger partial charge is 0.0991 e. The molecule has 0 spiro atoms. The van der Waals surface area contributed by atoms with E-state index in [4.69, 9.17) is 10.5 Å². The first-order valence-corrected chi connectivity index (χ1v) is 5.36. The second-order valence-corrected chi connectivity index (χ2v) is 3.66. The van der Waals surface area contributed by atoms with E-state index in [1.807, 2.05) is 29.0 Å².